The number of carbonyl (C=O) groups is 1. The summed E-state index contributed by atoms with van der Waals surface area (Å²) < 4.78 is 40.9. The van der Waals surface area contributed by atoms with Crippen molar-refractivity contribution in [1.82, 2.24) is 10.0 Å². The molecule has 1 aliphatic heterocycles. The molecular weight excluding hydrogens is 574 g/mol. The SMILES string of the molecule is C=CCCNC(=O)NS(=O)(=O)c1ccc2c(c1)N(C[C@@H]1CC[C@H]1[C@@H](C=C)OC)C[C@@]1(CCCc3cc(Cl)ccc31)CO2. The van der Waals surface area contributed by atoms with Crippen molar-refractivity contribution in [3.05, 3.63) is 77.9 Å². The second-order valence-electron chi connectivity index (χ2n) is 11.6. The summed E-state index contributed by atoms with van der Waals surface area (Å²) in [4.78, 5) is 14.6. The van der Waals surface area contributed by atoms with E-state index in [0.717, 1.165) is 43.7 Å². The Morgan fingerprint density at radius 1 is 1.26 bits per heavy atom. The second kappa shape index (κ2) is 12.7. The summed E-state index contributed by atoms with van der Waals surface area (Å²) in [5, 5.41) is 3.27. The lowest BCUT2D eigenvalue weighted by molar-refractivity contribution is 0.0135. The molecule has 1 fully saturated rings. The predicted octanol–water partition coefficient (Wildman–Crippen LogP) is 5.60. The summed E-state index contributed by atoms with van der Waals surface area (Å²) in [6, 6.07) is 10.2. The summed E-state index contributed by atoms with van der Waals surface area (Å²) in [5.41, 5.74) is 2.91. The fourth-order valence-electron chi connectivity index (χ4n) is 6.75. The van der Waals surface area contributed by atoms with E-state index in [-0.39, 0.29) is 16.4 Å². The highest BCUT2D eigenvalue weighted by molar-refractivity contribution is 7.90. The number of nitrogens with one attached hydrogen (secondary N) is 2. The Labute approximate surface area is 254 Å². The maximum atomic E-state index is 13.3. The van der Waals surface area contributed by atoms with E-state index in [1.807, 2.05) is 12.1 Å². The smallest absolute Gasteiger partial charge is 0.328 e. The lowest BCUT2D eigenvalue weighted by atomic mass is 9.68. The van der Waals surface area contributed by atoms with E-state index in [2.05, 4.69) is 40.2 Å². The van der Waals surface area contributed by atoms with Gasteiger partial charge in [-0.3, -0.25) is 0 Å². The largest absolute Gasteiger partial charge is 0.490 e. The molecule has 0 unspecified atom stereocenters. The molecule has 0 radical (unpaired) electrons. The lowest BCUT2D eigenvalue weighted by Gasteiger charge is -2.46. The number of anilines is 1. The number of carbonyl (C=O) groups excluding carboxylic acids is 1. The molecule has 10 heteroatoms. The number of benzene rings is 2. The highest BCUT2D eigenvalue weighted by Gasteiger charge is 2.44. The van der Waals surface area contributed by atoms with Gasteiger partial charge in [-0.05, 0) is 91.8 Å². The molecule has 1 spiro atoms. The summed E-state index contributed by atoms with van der Waals surface area (Å²) in [6.07, 6.45) is 9.06. The van der Waals surface area contributed by atoms with Gasteiger partial charge in [0.1, 0.15) is 5.75 Å². The van der Waals surface area contributed by atoms with Crippen LogP contribution in [-0.4, -0.2) is 53.9 Å². The number of ether oxygens (including phenoxy) is 2. The molecule has 0 bridgehead atoms. The molecule has 2 amide bonds. The van der Waals surface area contributed by atoms with Gasteiger partial charge < -0.3 is 19.7 Å². The van der Waals surface area contributed by atoms with Crippen LogP contribution in [0.4, 0.5) is 10.5 Å². The summed E-state index contributed by atoms with van der Waals surface area (Å²) in [6.45, 7) is 9.74. The van der Waals surface area contributed by atoms with Crippen LogP contribution >= 0.6 is 11.6 Å². The van der Waals surface area contributed by atoms with Gasteiger partial charge in [0.2, 0.25) is 0 Å². The molecule has 3 aliphatic rings. The predicted molar refractivity (Wildman–Crippen MR) is 166 cm³/mol. The van der Waals surface area contributed by atoms with E-state index in [1.54, 1.807) is 25.3 Å². The molecule has 8 nitrogen and oxygen atoms in total. The first-order valence-corrected chi connectivity index (χ1v) is 16.4. The summed E-state index contributed by atoms with van der Waals surface area (Å²) in [5.74, 6) is 1.31. The van der Waals surface area contributed by atoms with Crippen molar-refractivity contribution >= 4 is 33.3 Å². The zero-order valence-corrected chi connectivity index (χ0v) is 25.7. The van der Waals surface area contributed by atoms with Crippen LogP contribution in [0.1, 0.15) is 43.2 Å². The van der Waals surface area contributed by atoms with Crippen LogP contribution in [0.25, 0.3) is 0 Å². The highest BCUT2D eigenvalue weighted by atomic mass is 35.5. The van der Waals surface area contributed by atoms with Crippen molar-refractivity contribution in [1.29, 1.82) is 0 Å². The fourth-order valence-corrected chi connectivity index (χ4v) is 7.89. The minimum absolute atomic E-state index is 0.00603. The number of methoxy groups -OCH3 is 1. The molecule has 2 N–H and O–H groups in total. The number of sulfonamides is 1. The minimum atomic E-state index is -4.12. The fraction of sp³-hybridized carbons (Fsp3) is 0.469. The first-order valence-electron chi connectivity index (χ1n) is 14.6. The monoisotopic (exact) mass is 613 g/mol. The number of halogens is 1. The van der Waals surface area contributed by atoms with E-state index in [4.69, 9.17) is 21.1 Å². The van der Waals surface area contributed by atoms with Crippen molar-refractivity contribution in [2.45, 2.75) is 54.9 Å². The standard InChI is InChI=1S/C32H40ClN3O5S/c1-4-6-16-34-31(37)35-42(38,39)25-11-14-30-28(18-25)36(19-23-9-12-26(23)29(5-2)40-3)20-32(21-41-30)15-7-8-22-17-24(33)10-13-27(22)32/h4-5,10-11,13-14,17-18,23,26,29H,1-2,6-9,12,15-16,19-21H2,3H3,(H2,34,35,37)/t23-,26+,29+,32-/m0/s1. The van der Waals surface area contributed by atoms with Gasteiger partial charge in [0.25, 0.3) is 10.0 Å². The average molecular weight is 614 g/mol. The zero-order chi connectivity index (χ0) is 29.9. The zero-order valence-electron chi connectivity index (χ0n) is 24.1. The molecule has 1 saturated carbocycles. The van der Waals surface area contributed by atoms with Crippen LogP contribution in [0.15, 0.2) is 66.6 Å². The number of nitrogens with zero attached hydrogens (tertiary/aromatic N) is 1. The first-order chi connectivity index (χ1) is 20.2. The van der Waals surface area contributed by atoms with E-state index in [1.165, 1.54) is 17.2 Å². The van der Waals surface area contributed by atoms with Crippen LogP contribution in [0.5, 0.6) is 5.75 Å². The van der Waals surface area contributed by atoms with E-state index >= 15 is 0 Å². The van der Waals surface area contributed by atoms with Gasteiger partial charge in [-0.15, -0.1) is 13.2 Å². The summed E-state index contributed by atoms with van der Waals surface area (Å²) >= 11 is 6.38. The topological polar surface area (TPSA) is 97.0 Å². The number of fused-ring (bicyclic) bond motifs is 3. The van der Waals surface area contributed by atoms with Crippen LogP contribution in [0, 0.1) is 11.8 Å². The van der Waals surface area contributed by atoms with Crippen molar-refractivity contribution in [3.8, 4) is 5.75 Å². The number of amides is 2. The third kappa shape index (κ3) is 6.19. The number of aryl methyl sites for hydroxylation is 1. The minimum Gasteiger partial charge on any atom is -0.490 e. The molecule has 5 rings (SSSR count). The third-order valence-corrected chi connectivity index (χ3v) is 10.6. The Bertz CT molecular complexity index is 1450. The Kier molecular flexibility index (Phi) is 9.20. The van der Waals surface area contributed by atoms with Gasteiger partial charge >= 0.3 is 6.03 Å². The molecule has 2 aliphatic carbocycles. The van der Waals surface area contributed by atoms with Crippen molar-refractivity contribution in [3.63, 3.8) is 0 Å². The van der Waals surface area contributed by atoms with Crippen molar-refractivity contribution in [2.24, 2.45) is 11.8 Å². The van der Waals surface area contributed by atoms with Crippen LogP contribution in [0.2, 0.25) is 5.02 Å². The Balaban J connectivity index is 1.50. The number of urea groups is 1. The van der Waals surface area contributed by atoms with E-state index < -0.39 is 16.1 Å². The Morgan fingerprint density at radius 3 is 2.81 bits per heavy atom. The normalized spacial score (nSPS) is 23.8. The van der Waals surface area contributed by atoms with E-state index in [0.29, 0.717) is 49.4 Å². The molecule has 2 aromatic carbocycles. The van der Waals surface area contributed by atoms with Gasteiger partial charge in [-0.2, -0.15) is 0 Å². The number of hydrogen-bond donors (Lipinski definition) is 2. The maximum absolute atomic E-state index is 13.3. The third-order valence-electron chi connectivity index (χ3n) is 9.04. The van der Waals surface area contributed by atoms with Gasteiger partial charge in [0.05, 0.1) is 23.3 Å². The molecule has 42 heavy (non-hydrogen) atoms. The molecular formula is C32H40ClN3O5S. The van der Waals surface area contributed by atoms with Gasteiger partial charge in [0.15, 0.2) is 0 Å². The molecule has 2 aromatic rings. The molecule has 0 aromatic heterocycles. The van der Waals surface area contributed by atoms with Gasteiger partial charge in [-0.25, -0.2) is 17.9 Å². The lowest BCUT2D eigenvalue weighted by Crippen LogP contribution is -2.49. The average Bonchev–Trinajstić information content (AvgIpc) is 3.10. The van der Waals surface area contributed by atoms with Crippen LogP contribution < -0.4 is 19.7 Å². The van der Waals surface area contributed by atoms with Gasteiger partial charge in [-0.1, -0.05) is 29.8 Å². The molecule has 226 valence electrons. The maximum Gasteiger partial charge on any atom is 0.328 e. The van der Waals surface area contributed by atoms with E-state index in [9.17, 15) is 13.2 Å². The van der Waals surface area contributed by atoms with Crippen LogP contribution in [0.3, 0.4) is 0 Å². The first kappa shape index (κ1) is 30.4. The molecule has 0 saturated heterocycles. The molecule has 4 atom stereocenters. The van der Waals surface area contributed by atoms with Crippen LogP contribution in [-0.2, 0) is 26.6 Å². The number of hydrogen-bond acceptors (Lipinski definition) is 6. The van der Waals surface area contributed by atoms with Crippen molar-refractivity contribution < 1.29 is 22.7 Å². The van der Waals surface area contributed by atoms with Crippen molar-refractivity contribution in [2.75, 3.05) is 38.3 Å². The van der Waals surface area contributed by atoms with Gasteiger partial charge in [0, 0.05) is 37.2 Å². The number of rotatable bonds is 10. The summed E-state index contributed by atoms with van der Waals surface area (Å²) in [7, 11) is -2.41. The molecule has 1 heterocycles. The highest BCUT2D eigenvalue weighted by Crippen LogP contribution is 2.47. The quantitative estimate of drug-likeness (QED) is 0.267. The Morgan fingerprint density at radius 2 is 2.10 bits per heavy atom. The second-order valence-corrected chi connectivity index (χ2v) is 13.7. The Hall–Kier alpha value is -3.01.